The summed E-state index contributed by atoms with van der Waals surface area (Å²) in [4.78, 5) is 0. The summed E-state index contributed by atoms with van der Waals surface area (Å²) < 4.78 is 5.41. The molecule has 1 nitrogen and oxygen atoms in total. The van der Waals surface area contributed by atoms with Crippen molar-refractivity contribution in [3.05, 3.63) is 0 Å². The second kappa shape index (κ2) is 7.81. The molecule has 2 heteroatoms. The van der Waals surface area contributed by atoms with E-state index < -0.39 is 0 Å². The molecular weight excluding hydrogens is 164 g/mol. The van der Waals surface area contributed by atoms with Gasteiger partial charge in [0, 0.05) is 6.10 Å². The molecule has 0 aliphatic rings. The average molecular weight is 188 g/mol. The lowest BCUT2D eigenvalue weighted by molar-refractivity contribution is 0.167. The Labute approximate surface area is 80.4 Å². The Morgan fingerprint density at radius 1 is 1.17 bits per heavy atom. The standard InChI is InChI=1S/C10H24OSi/c1-4-5-6-7-8-9(2)10(3)11-12/h9-10H,4-8H2,1-3,12H3. The van der Waals surface area contributed by atoms with Crippen LogP contribution < -0.4 is 0 Å². The summed E-state index contributed by atoms with van der Waals surface area (Å²) in [6.45, 7) is 6.75. The maximum absolute atomic E-state index is 5.41. The van der Waals surface area contributed by atoms with Crippen molar-refractivity contribution >= 4 is 10.5 Å². The van der Waals surface area contributed by atoms with Crippen molar-refractivity contribution in [3.8, 4) is 0 Å². The van der Waals surface area contributed by atoms with Gasteiger partial charge in [0.15, 0.2) is 0 Å². The molecule has 2 unspecified atom stereocenters. The molecule has 0 aromatic rings. The van der Waals surface area contributed by atoms with Gasteiger partial charge in [0.1, 0.15) is 10.5 Å². The van der Waals surface area contributed by atoms with Gasteiger partial charge in [0.25, 0.3) is 0 Å². The van der Waals surface area contributed by atoms with E-state index in [1.165, 1.54) is 32.1 Å². The van der Waals surface area contributed by atoms with E-state index in [0.29, 0.717) is 6.10 Å². The smallest absolute Gasteiger partial charge is 0.146 e. The van der Waals surface area contributed by atoms with E-state index in [9.17, 15) is 0 Å². The summed E-state index contributed by atoms with van der Waals surface area (Å²) in [5.41, 5.74) is 0. The lowest BCUT2D eigenvalue weighted by atomic mass is 9.98. The molecule has 0 bridgehead atoms. The van der Waals surface area contributed by atoms with Crippen LogP contribution in [0.25, 0.3) is 0 Å². The Morgan fingerprint density at radius 3 is 2.33 bits per heavy atom. The van der Waals surface area contributed by atoms with Gasteiger partial charge in [-0.3, -0.25) is 0 Å². The molecule has 0 spiro atoms. The minimum Gasteiger partial charge on any atom is -0.425 e. The molecule has 0 radical (unpaired) electrons. The Hall–Kier alpha value is 0.177. The summed E-state index contributed by atoms with van der Waals surface area (Å²) in [6, 6.07) is 0. The topological polar surface area (TPSA) is 9.23 Å². The fourth-order valence-corrected chi connectivity index (χ4v) is 1.82. The Bertz CT molecular complexity index is 95.8. The number of hydrogen-bond acceptors (Lipinski definition) is 1. The van der Waals surface area contributed by atoms with Gasteiger partial charge >= 0.3 is 0 Å². The molecule has 0 aromatic carbocycles. The van der Waals surface area contributed by atoms with Gasteiger partial charge in [0.05, 0.1) is 0 Å². The summed E-state index contributed by atoms with van der Waals surface area (Å²) >= 11 is 0. The number of unbranched alkanes of at least 4 members (excludes halogenated alkanes) is 3. The van der Waals surface area contributed by atoms with E-state index >= 15 is 0 Å². The summed E-state index contributed by atoms with van der Waals surface area (Å²) in [6.07, 6.45) is 7.32. The van der Waals surface area contributed by atoms with Gasteiger partial charge in [-0.1, -0.05) is 39.5 Å². The third kappa shape index (κ3) is 5.78. The monoisotopic (exact) mass is 188 g/mol. The zero-order chi connectivity index (χ0) is 9.40. The number of rotatable bonds is 7. The molecule has 0 rings (SSSR count). The molecule has 0 saturated heterocycles. The Balaban J connectivity index is 3.24. The quantitative estimate of drug-likeness (QED) is 0.440. The molecule has 0 fully saturated rings. The fourth-order valence-electron chi connectivity index (χ4n) is 1.36. The molecule has 0 aromatic heterocycles. The molecule has 74 valence electrons. The van der Waals surface area contributed by atoms with Crippen molar-refractivity contribution in [2.24, 2.45) is 5.92 Å². The first kappa shape index (κ1) is 12.2. The van der Waals surface area contributed by atoms with E-state index in [2.05, 4.69) is 20.8 Å². The summed E-state index contributed by atoms with van der Waals surface area (Å²) in [5.74, 6) is 0.749. The third-order valence-electron chi connectivity index (χ3n) is 2.69. The molecule has 2 atom stereocenters. The highest BCUT2D eigenvalue weighted by atomic mass is 28.2. The van der Waals surface area contributed by atoms with Gasteiger partial charge in [-0.15, -0.1) is 0 Å². The van der Waals surface area contributed by atoms with Crippen LogP contribution in [-0.4, -0.2) is 16.6 Å². The van der Waals surface area contributed by atoms with Crippen molar-refractivity contribution in [3.63, 3.8) is 0 Å². The van der Waals surface area contributed by atoms with Crippen molar-refractivity contribution in [2.75, 3.05) is 0 Å². The lowest BCUT2D eigenvalue weighted by Crippen LogP contribution is -2.16. The molecule has 0 aliphatic heterocycles. The normalized spacial score (nSPS) is 16.2. The highest BCUT2D eigenvalue weighted by Gasteiger charge is 2.09. The predicted octanol–water partition coefficient (Wildman–Crippen LogP) is 2.28. The SMILES string of the molecule is CCCCCCC(C)C(C)O[SiH3]. The first-order chi connectivity index (χ1) is 5.72. The lowest BCUT2D eigenvalue weighted by Gasteiger charge is -2.18. The Kier molecular flexibility index (Phi) is 7.92. The maximum atomic E-state index is 5.41. The minimum atomic E-state index is 0.485. The van der Waals surface area contributed by atoms with E-state index in [0.717, 1.165) is 16.4 Å². The predicted molar refractivity (Wildman–Crippen MR) is 58.4 cm³/mol. The van der Waals surface area contributed by atoms with Crippen LogP contribution in [0.5, 0.6) is 0 Å². The maximum Gasteiger partial charge on any atom is 0.146 e. The second-order valence-corrected chi connectivity index (χ2v) is 4.24. The zero-order valence-corrected chi connectivity index (χ0v) is 11.1. The molecule has 0 amide bonds. The second-order valence-electron chi connectivity index (χ2n) is 3.77. The van der Waals surface area contributed by atoms with Gasteiger partial charge in [-0.2, -0.15) is 0 Å². The zero-order valence-electron chi connectivity index (χ0n) is 9.10. The fraction of sp³-hybridized carbons (Fsp3) is 1.00. The minimum absolute atomic E-state index is 0.485. The van der Waals surface area contributed by atoms with Crippen LogP contribution in [0.1, 0.15) is 52.9 Å². The van der Waals surface area contributed by atoms with Crippen molar-refractivity contribution in [1.82, 2.24) is 0 Å². The highest BCUT2D eigenvalue weighted by Crippen LogP contribution is 2.15. The molecule has 12 heavy (non-hydrogen) atoms. The van der Waals surface area contributed by atoms with E-state index in [1.54, 1.807) is 0 Å². The summed E-state index contributed by atoms with van der Waals surface area (Å²) in [7, 11) is 0.881. The molecule has 0 saturated carbocycles. The Morgan fingerprint density at radius 2 is 1.83 bits per heavy atom. The van der Waals surface area contributed by atoms with Crippen molar-refractivity contribution in [2.45, 2.75) is 59.0 Å². The van der Waals surface area contributed by atoms with Crippen LogP contribution in [0.2, 0.25) is 0 Å². The highest BCUT2D eigenvalue weighted by molar-refractivity contribution is 5.98. The average Bonchev–Trinajstić information content (AvgIpc) is 2.10. The molecule has 0 N–H and O–H groups in total. The van der Waals surface area contributed by atoms with Crippen LogP contribution in [-0.2, 0) is 4.43 Å². The van der Waals surface area contributed by atoms with Crippen LogP contribution in [0.15, 0.2) is 0 Å². The van der Waals surface area contributed by atoms with Crippen molar-refractivity contribution < 1.29 is 4.43 Å². The van der Waals surface area contributed by atoms with Gasteiger partial charge in [0.2, 0.25) is 0 Å². The van der Waals surface area contributed by atoms with Gasteiger partial charge < -0.3 is 4.43 Å². The van der Waals surface area contributed by atoms with E-state index in [1.807, 2.05) is 0 Å². The molecule has 0 aliphatic carbocycles. The largest absolute Gasteiger partial charge is 0.425 e. The van der Waals surface area contributed by atoms with E-state index in [4.69, 9.17) is 4.43 Å². The van der Waals surface area contributed by atoms with Crippen LogP contribution in [0, 0.1) is 5.92 Å². The molecular formula is C10H24OSi. The van der Waals surface area contributed by atoms with Gasteiger partial charge in [-0.05, 0) is 19.3 Å². The van der Waals surface area contributed by atoms with Crippen LogP contribution >= 0.6 is 0 Å². The van der Waals surface area contributed by atoms with Crippen LogP contribution in [0.3, 0.4) is 0 Å². The van der Waals surface area contributed by atoms with Gasteiger partial charge in [-0.25, -0.2) is 0 Å². The van der Waals surface area contributed by atoms with E-state index in [-0.39, 0.29) is 0 Å². The first-order valence-corrected chi connectivity index (χ1v) is 6.06. The summed E-state index contributed by atoms with van der Waals surface area (Å²) in [5, 5.41) is 0. The first-order valence-electron chi connectivity index (χ1n) is 5.25. The molecule has 0 heterocycles. The van der Waals surface area contributed by atoms with Crippen LogP contribution in [0.4, 0.5) is 0 Å². The number of hydrogen-bond donors (Lipinski definition) is 0. The third-order valence-corrected chi connectivity index (χ3v) is 3.43. The van der Waals surface area contributed by atoms with Crippen molar-refractivity contribution in [1.29, 1.82) is 0 Å².